The van der Waals surface area contributed by atoms with Crippen molar-refractivity contribution >= 4 is 11.8 Å². The molecule has 1 fully saturated rings. The van der Waals surface area contributed by atoms with Crippen molar-refractivity contribution in [3.8, 4) is 5.75 Å². The van der Waals surface area contributed by atoms with Crippen LogP contribution in [0.5, 0.6) is 5.75 Å². The number of aliphatic imine (C=N–C) groups is 1. The average molecular weight is 296 g/mol. The molecule has 114 valence electrons. The summed E-state index contributed by atoms with van der Waals surface area (Å²) in [6.07, 6.45) is 3.97. The van der Waals surface area contributed by atoms with E-state index >= 15 is 0 Å². The van der Waals surface area contributed by atoms with Crippen LogP contribution in [0.3, 0.4) is 0 Å². The van der Waals surface area contributed by atoms with Crippen molar-refractivity contribution in [2.75, 3.05) is 19.0 Å². The van der Waals surface area contributed by atoms with Crippen molar-refractivity contribution < 1.29 is 4.74 Å². The molecule has 1 aliphatic carbocycles. The van der Waals surface area contributed by atoms with Gasteiger partial charge in [-0.1, -0.05) is 18.2 Å². The average Bonchev–Trinajstić information content (AvgIpc) is 3.35. The molecule has 0 aliphatic heterocycles. The van der Waals surface area contributed by atoms with E-state index in [9.17, 15) is 0 Å². The molecule has 5 nitrogen and oxygen atoms in total. The van der Waals surface area contributed by atoms with E-state index in [0.717, 1.165) is 18.6 Å². The molecule has 3 N–H and O–H groups in total. The van der Waals surface area contributed by atoms with Crippen molar-refractivity contribution in [1.29, 1.82) is 0 Å². The summed E-state index contributed by atoms with van der Waals surface area (Å²) in [7, 11) is 1.69. The molecule has 0 atom stereocenters. The minimum Gasteiger partial charge on any atom is -0.497 e. The molecular weight excluding hydrogens is 276 g/mol. The highest BCUT2D eigenvalue weighted by molar-refractivity contribution is 5.91. The molecule has 1 saturated carbocycles. The van der Waals surface area contributed by atoms with Gasteiger partial charge < -0.3 is 15.8 Å². The molecule has 0 spiro atoms. The standard InChI is InChI=1S/C17H20N4O/c1-22-14-6-4-5-13(11-14)17(8-9-17)12-20-16(18)21-15-7-2-3-10-19-15/h2-7,10-11H,8-9,12H2,1H3,(H3,18,19,20,21). The summed E-state index contributed by atoms with van der Waals surface area (Å²) in [5.74, 6) is 1.98. The Morgan fingerprint density at radius 1 is 1.32 bits per heavy atom. The lowest BCUT2D eigenvalue weighted by Gasteiger charge is -2.14. The van der Waals surface area contributed by atoms with E-state index in [1.54, 1.807) is 13.3 Å². The van der Waals surface area contributed by atoms with Crippen molar-refractivity contribution in [1.82, 2.24) is 4.98 Å². The van der Waals surface area contributed by atoms with Gasteiger partial charge in [-0.3, -0.25) is 4.99 Å². The lowest BCUT2D eigenvalue weighted by atomic mass is 9.96. The molecule has 0 bridgehead atoms. The largest absolute Gasteiger partial charge is 0.497 e. The Bertz CT molecular complexity index is 665. The predicted octanol–water partition coefficient (Wildman–Crippen LogP) is 2.55. The fraction of sp³-hybridized carbons (Fsp3) is 0.294. The number of aromatic nitrogens is 1. The van der Waals surface area contributed by atoms with Crippen LogP contribution in [-0.4, -0.2) is 24.6 Å². The first-order valence-electron chi connectivity index (χ1n) is 7.34. The maximum Gasteiger partial charge on any atom is 0.194 e. The summed E-state index contributed by atoms with van der Waals surface area (Å²) in [6.45, 7) is 0.672. The van der Waals surface area contributed by atoms with Gasteiger partial charge in [-0.15, -0.1) is 0 Å². The zero-order chi connectivity index (χ0) is 15.4. The molecule has 1 aromatic heterocycles. The summed E-state index contributed by atoms with van der Waals surface area (Å²) >= 11 is 0. The zero-order valence-electron chi connectivity index (χ0n) is 12.6. The normalized spacial score (nSPS) is 16.1. The Labute approximate surface area is 130 Å². The summed E-state index contributed by atoms with van der Waals surface area (Å²) in [5.41, 5.74) is 7.32. The third-order valence-electron chi connectivity index (χ3n) is 4.01. The Morgan fingerprint density at radius 2 is 2.18 bits per heavy atom. The highest BCUT2D eigenvalue weighted by atomic mass is 16.5. The second-order valence-corrected chi connectivity index (χ2v) is 5.55. The number of anilines is 1. The monoisotopic (exact) mass is 296 g/mol. The van der Waals surface area contributed by atoms with E-state index in [2.05, 4.69) is 27.4 Å². The molecule has 0 amide bonds. The molecular formula is C17H20N4O. The summed E-state index contributed by atoms with van der Waals surface area (Å²) in [4.78, 5) is 8.66. The van der Waals surface area contributed by atoms with Crippen LogP contribution >= 0.6 is 0 Å². The number of guanidine groups is 1. The number of benzene rings is 1. The second kappa shape index (κ2) is 6.05. The van der Waals surface area contributed by atoms with Gasteiger partial charge in [0.15, 0.2) is 5.96 Å². The highest BCUT2D eigenvalue weighted by Crippen LogP contribution is 2.49. The summed E-state index contributed by atoms with van der Waals surface area (Å²) in [5, 5.41) is 3.01. The quantitative estimate of drug-likeness (QED) is 0.657. The number of nitrogens with zero attached hydrogens (tertiary/aromatic N) is 2. The van der Waals surface area contributed by atoms with E-state index in [-0.39, 0.29) is 5.41 Å². The molecule has 0 radical (unpaired) electrons. The third kappa shape index (κ3) is 3.19. The lowest BCUT2D eigenvalue weighted by Crippen LogP contribution is -2.25. The highest BCUT2D eigenvalue weighted by Gasteiger charge is 2.44. The number of nitrogens with two attached hydrogens (primary N) is 1. The van der Waals surface area contributed by atoms with Gasteiger partial charge in [-0.2, -0.15) is 0 Å². The maximum atomic E-state index is 5.95. The minimum absolute atomic E-state index is 0.102. The molecule has 0 saturated heterocycles. The molecule has 22 heavy (non-hydrogen) atoms. The SMILES string of the molecule is COc1cccc(C2(CN=C(N)Nc3ccccn3)CC2)c1. The molecule has 5 heteroatoms. The van der Waals surface area contributed by atoms with Crippen molar-refractivity contribution in [3.63, 3.8) is 0 Å². The molecule has 1 heterocycles. The Balaban J connectivity index is 1.68. The zero-order valence-corrected chi connectivity index (χ0v) is 12.6. The summed E-state index contributed by atoms with van der Waals surface area (Å²) in [6, 6.07) is 13.8. The number of methoxy groups -OCH3 is 1. The molecule has 0 unspecified atom stereocenters. The van der Waals surface area contributed by atoms with Crippen LogP contribution in [0.4, 0.5) is 5.82 Å². The number of ether oxygens (including phenoxy) is 1. The first-order chi connectivity index (χ1) is 10.7. The number of pyridine rings is 1. The van der Waals surface area contributed by atoms with Gasteiger partial charge in [-0.25, -0.2) is 4.98 Å². The van der Waals surface area contributed by atoms with Crippen molar-refractivity contribution in [2.24, 2.45) is 10.7 Å². The Hall–Kier alpha value is -2.56. The molecule has 3 rings (SSSR count). The smallest absolute Gasteiger partial charge is 0.194 e. The van der Waals surface area contributed by atoms with Gasteiger partial charge in [0.1, 0.15) is 11.6 Å². The summed E-state index contributed by atoms with van der Waals surface area (Å²) < 4.78 is 5.30. The van der Waals surface area contributed by atoms with Gasteiger partial charge in [-0.05, 0) is 42.7 Å². The lowest BCUT2D eigenvalue weighted by molar-refractivity contribution is 0.413. The van der Waals surface area contributed by atoms with E-state index in [4.69, 9.17) is 10.5 Å². The number of nitrogens with one attached hydrogen (secondary N) is 1. The van der Waals surface area contributed by atoms with Crippen LogP contribution in [0.25, 0.3) is 0 Å². The number of hydrogen-bond donors (Lipinski definition) is 2. The van der Waals surface area contributed by atoms with E-state index in [1.165, 1.54) is 5.56 Å². The van der Waals surface area contributed by atoms with Crippen LogP contribution in [0.15, 0.2) is 53.7 Å². The Kier molecular flexibility index (Phi) is 3.96. The van der Waals surface area contributed by atoms with Crippen molar-refractivity contribution in [2.45, 2.75) is 18.3 Å². The van der Waals surface area contributed by atoms with Gasteiger partial charge >= 0.3 is 0 Å². The molecule has 1 aromatic carbocycles. The van der Waals surface area contributed by atoms with Gasteiger partial charge in [0.25, 0.3) is 0 Å². The van der Waals surface area contributed by atoms with Gasteiger partial charge in [0.2, 0.25) is 0 Å². The topological polar surface area (TPSA) is 72.5 Å². The predicted molar refractivity (Wildman–Crippen MR) is 88.3 cm³/mol. The maximum absolute atomic E-state index is 5.95. The molecule has 2 aromatic rings. The number of rotatable bonds is 5. The molecule has 1 aliphatic rings. The van der Waals surface area contributed by atoms with E-state index in [0.29, 0.717) is 18.3 Å². The van der Waals surface area contributed by atoms with Gasteiger partial charge in [0, 0.05) is 11.6 Å². The first kappa shape index (κ1) is 14.4. The van der Waals surface area contributed by atoms with Crippen molar-refractivity contribution in [3.05, 3.63) is 54.2 Å². The first-order valence-corrected chi connectivity index (χ1v) is 7.34. The van der Waals surface area contributed by atoms with Crippen LogP contribution < -0.4 is 15.8 Å². The number of hydrogen-bond acceptors (Lipinski definition) is 3. The van der Waals surface area contributed by atoms with E-state index in [1.807, 2.05) is 30.3 Å². The van der Waals surface area contributed by atoms with Gasteiger partial charge in [0.05, 0.1) is 13.7 Å². The third-order valence-corrected chi connectivity index (χ3v) is 4.01. The van der Waals surface area contributed by atoms with Crippen LogP contribution in [0.2, 0.25) is 0 Å². The minimum atomic E-state index is 0.102. The fourth-order valence-electron chi connectivity index (χ4n) is 2.49. The fourth-order valence-corrected chi connectivity index (χ4v) is 2.49. The second-order valence-electron chi connectivity index (χ2n) is 5.55. The van der Waals surface area contributed by atoms with Crippen LogP contribution in [-0.2, 0) is 5.41 Å². The Morgan fingerprint density at radius 3 is 2.86 bits per heavy atom. The van der Waals surface area contributed by atoms with Crippen LogP contribution in [0, 0.1) is 0 Å². The van der Waals surface area contributed by atoms with Crippen LogP contribution in [0.1, 0.15) is 18.4 Å². The van der Waals surface area contributed by atoms with E-state index < -0.39 is 0 Å².